The summed E-state index contributed by atoms with van der Waals surface area (Å²) >= 11 is 0. The van der Waals surface area contributed by atoms with E-state index in [1.54, 1.807) is 32.6 Å². The third kappa shape index (κ3) is 2.29. The average molecular weight is 253 g/mol. The van der Waals surface area contributed by atoms with Gasteiger partial charge in [0.2, 0.25) is 0 Å². The van der Waals surface area contributed by atoms with Gasteiger partial charge in [0.25, 0.3) is 5.91 Å². The van der Waals surface area contributed by atoms with E-state index < -0.39 is 6.04 Å². The van der Waals surface area contributed by atoms with Gasteiger partial charge in [-0.15, -0.1) is 0 Å². The van der Waals surface area contributed by atoms with Crippen LogP contribution < -0.4 is 5.73 Å². The van der Waals surface area contributed by atoms with Crippen molar-refractivity contribution < 1.29 is 10.0 Å². The van der Waals surface area contributed by atoms with Crippen molar-refractivity contribution in [1.82, 2.24) is 14.7 Å². The van der Waals surface area contributed by atoms with E-state index in [-0.39, 0.29) is 11.7 Å². The molecule has 7 nitrogen and oxygen atoms in total. The third-order valence-corrected chi connectivity index (χ3v) is 3.17. The molecule has 1 atom stereocenters. The molecule has 3 N–H and O–H groups in total. The fourth-order valence-corrected chi connectivity index (χ4v) is 1.72. The standard InChI is InChI=1S/C11H19N5O2/c1-6-9(7(2)16(5)13-6)11(17)15(4)8(3)10(12)14-18/h8,18H,1-5H3,(H2,12,14). The van der Waals surface area contributed by atoms with Crippen LogP contribution in [0.25, 0.3) is 0 Å². The molecular weight excluding hydrogens is 234 g/mol. The molecule has 1 rings (SSSR count). The lowest BCUT2D eigenvalue weighted by atomic mass is 10.1. The van der Waals surface area contributed by atoms with Gasteiger partial charge in [0.1, 0.15) is 0 Å². The fourth-order valence-electron chi connectivity index (χ4n) is 1.72. The van der Waals surface area contributed by atoms with E-state index in [4.69, 9.17) is 10.9 Å². The lowest BCUT2D eigenvalue weighted by molar-refractivity contribution is 0.0774. The number of hydrogen-bond donors (Lipinski definition) is 2. The first-order chi connectivity index (χ1) is 8.31. The van der Waals surface area contributed by atoms with Crippen molar-refractivity contribution in [2.75, 3.05) is 7.05 Å². The molecule has 18 heavy (non-hydrogen) atoms. The second-order valence-electron chi connectivity index (χ2n) is 4.29. The molecule has 1 aromatic rings. The highest BCUT2D eigenvalue weighted by Crippen LogP contribution is 2.15. The number of carbonyl (C=O) groups excluding carboxylic acids is 1. The first-order valence-electron chi connectivity index (χ1n) is 5.56. The number of likely N-dealkylation sites (N-methyl/N-ethyl adjacent to an activating group) is 1. The smallest absolute Gasteiger partial charge is 0.257 e. The van der Waals surface area contributed by atoms with Crippen molar-refractivity contribution in [3.63, 3.8) is 0 Å². The predicted molar refractivity (Wildman–Crippen MR) is 67.6 cm³/mol. The van der Waals surface area contributed by atoms with Crippen molar-refractivity contribution in [2.24, 2.45) is 17.9 Å². The first kappa shape index (κ1) is 14.0. The monoisotopic (exact) mass is 253 g/mol. The molecule has 0 aliphatic rings. The molecule has 0 aliphatic carbocycles. The second kappa shape index (κ2) is 5.07. The normalized spacial score (nSPS) is 13.5. The Bertz CT molecular complexity index is 492. The molecule has 0 fully saturated rings. The van der Waals surface area contributed by atoms with E-state index in [0.29, 0.717) is 11.3 Å². The van der Waals surface area contributed by atoms with E-state index >= 15 is 0 Å². The minimum absolute atomic E-state index is 0.00922. The topological polar surface area (TPSA) is 96.7 Å². The molecule has 1 amide bonds. The molecule has 100 valence electrons. The van der Waals surface area contributed by atoms with Gasteiger partial charge in [-0.1, -0.05) is 5.16 Å². The van der Waals surface area contributed by atoms with Crippen LogP contribution in [0.1, 0.15) is 28.7 Å². The summed E-state index contributed by atoms with van der Waals surface area (Å²) in [6.07, 6.45) is 0. The van der Waals surface area contributed by atoms with Gasteiger partial charge < -0.3 is 15.8 Å². The summed E-state index contributed by atoms with van der Waals surface area (Å²) in [6, 6.07) is -0.485. The lowest BCUT2D eigenvalue weighted by Gasteiger charge is -2.23. The van der Waals surface area contributed by atoms with Crippen LogP contribution in [-0.4, -0.2) is 44.7 Å². The number of nitrogens with two attached hydrogens (primary N) is 1. The zero-order valence-corrected chi connectivity index (χ0v) is 11.3. The average Bonchev–Trinajstić information content (AvgIpc) is 2.59. The van der Waals surface area contributed by atoms with Crippen molar-refractivity contribution in [2.45, 2.75) is 26.8 Å². The van der Waals surface area contributed by atoms with Crippen LogP contribution in [0.3, 0.4) is 0 Å². The van der Waals surface area contributed by atoms with E-state index in [9.17, 15) is 4.79 Å². The maximum atomic E-state index is 12.3. The van der Waals surface area contributed by atoms with Gasteiger partial charge in [0.15, 0.2) is 5.84 Å². The van der Waals surface area contributed by atoms with Gasteiger partial charge in [-0.2, -0.15) is 5.10 Å². The van der Waals surface area contributed by atoms with E-state index in [1.807, 2.05) is 6.92 Å². The van der Waals surface area contributed by atoms with Crippen LogP contribution in [-0.2, 0) is 7.05 Å². The summed E-state index contributed by atoms with van der Waals surface area (Å²) in [4.78, 5) is 13.8. The molecule has 0 bridgehead atoms. The summed E-state index contributed by atoms with van der Waals surface area (Å²) in [7, 11) is 3.39. The number of nitrogens with zero attached hydrogens (tertiary/aromatic N) is 4. The molecule has 1 unspecified atom stereocenters. The van der Waals surface area contributed by atoms with Gasteiger partial charge in [-0.3, -0.25) is 9.48 Å². The number of rotatable bonds is 3. The highest BCUT2D eigenvalue weighted by atomic mass is 16.4. The van der Waals surface area contributed by atoms with Crippen LogP contribution in [0.4, 0.5) is 0 Å². The highest BCUT2D eigenvalue weighted by Gasteiger charge is 2.25. The summed E-state index contributed by atoms with van der Waals surface area (Å²) in [5, 5.41) is 15.7. The zero-order valence-electron chi connectivity index (χ0n) is 11.3. The molecule has 0 radical (unpaired) electrons. The second-order valence-corrected chi connectivity index (χ2v) is 4.29. The molecule has 0 saturated carbocycles. The molecule has 0 aliphatic heterocycles. The predicted octanol–water partition coefficient (Wildman–Crippen LogP) is 0.244. The van der Waals surface area contributed by atoms with E-state index in [0.717, 1.165) is 5.69 Å². The number of aryl methyl sites for hydroxylation is 2. The van der Waals surface area contributed by atoms with Crippen molar-refractivity contribution >= 4 is 11.7 Å². The lowest BCUT2D eigenvalue weighted by Crippen LogP contribution is -2.44. The third-order valence-electron chi connectivity index (χ3n) is 3.17. The van der Waals surface area contributed by atoms with Crippen molar-refractivity contribution in [1.29, 1.82) is 0 Å². The van der Waals surface area contributed by atoms with E-state index in [1.165, 1.54) is 4.90 Å². The molecule has 1 aromatic heterocycles. The van der Waals surface area contributed by atoms with Gasteiger partial charge in [0, 0.05) is 19.8 Å². The highest BCUT2D eigenvalue weighted by molar-refractivity contribution is 5.99. The Labute approximate surface area is 106 Å². The molecule has 0 spiro atoms. The molecular formula is C11H19N5O2. The molecule has 1 heterocycles. The van der Waals surface area contributed by atoms with Crippen LogP contribution in [0, 0.1) is 13.8 Å². The maximum Gasteiger partial charge on any atom is 0.257 e. The van der Waals surface area contributed by atoms with Crippen LogP contribution in [0.5, 0.6) is 0 Å². The number of carbonyl (C=O) groups is 1. The Kier molecular flexibility index (Phi) is 3.95. The summed E-state index contributed by atoms with van der Waals surface area (Å²) in [6.45, 7) is 5.30. The largest absolute Gasteiger partial charge is 0.409 e. The number of hydrogen-bond acceptors (Lipinski definition) is 4. The quantitative estimate of drug-likeness (QED) is 0.349. The van der Waals surface area contributed by atoms with Crippen molar-refractivity contribution in [3.8, 4) is 0 Å². The van der Waals surface area contributed by atoms with Gasteiger partial charge in [0.05, 0.1) is 17.3 Å². The summed E-state index contributed by atoms with van der Waals surface area (Å²) in [5.74, 6) is -0.206. The Balaban J connectivity index is 3.08. The van der Waals surface area contributed by atoms with Crippen LogP contribution in [0.15, 0.2) is 5.16 Å². The number of amides is 1. The molecule has 7 heteroatoms. The SMILES string of the molecule is Cc1nn(C)c(C)c1C(=O)N(C)C(C)C(N)=NO. The van der Waals surface area contributed by atoms with Gasteiger partial charge >= 0.3 is 0 Å². The fraction of sp³-hybridized carbons (Fsp3) is 0.545. The van der Waals surface area contributed by atoms with Gasteiger partial charge in [-0.05, 0) is 20.8 Å². The zero-order chi connectivity index (χ0) is 14.0. The number of amidine groups is 1. The first-order valence-corrected chi connectivity index (χ1v) is 5.56. The number of oxime groups is 1. The maximum absolute atomic E-state index is 12.3. The summed E-state index contributed by atoms with van der Waals surface area (Å²) < 4.78 is 1.66. The summed E-state index contributed by atoms with van der Waals surface area (Å²) in [5.41, 5.74) is 7.51. The molecule has 0 aromatic carbocycles. The van der Waals surface area contributed by atoms with Crippen LogP contribution in [0.2, 0.25) is 0 Å². The molecule has 0 saturated heterocycles. The Hall–Kier alpha value is -2.05. The Morgan fingerprint density at radius 3 is 2.50 bits per heavy atom. The van der Waals surface area contributed by atoms with Gasteiger partial charge in [-0.25, -0.2) is 0 Å². The Morgan fingerprint density at radius 2 is 2.11 bits per heavy atom. The number of aromatic nitrogens is 2. The minimum Gasteiger partial charge on any atom is -0.409 e. The minimum atomic E-state index is -0.485. The Morgan fingerprint density at radius 1 is 1.56 bits per heavy atom. The van der Waals surface area contributed by atoms with E-state index in [2.05, 4.69) is 10.3 Å². The van der Waals surface area contributed by atoms with Crippen molar-refractivity contribution in [3.05, 3.63) is 17.0 Å². The van der Waals surface area contributed by atoms with Crippen LogP contribution >= 0.6 is 0 Å².